The fourth-order valence-corrected chi connectivity index (χ4v) is 3.05. The first-order valence-electron chi connectivity index (χ1n) is 8.16. The second-order valence-electron chi connectivity index (χ2n) is 6.06. The summed E-state index contributed by atoms with van der Waals surface area (Å²) >= 11 is 0. The number of aromatic amines is 1. The molecule has 5 N–H and O–H groups in total. The molecule has 0 saturated heterocycles. The Kier molecular flexibility index (Phi) is 3.68. The van der Waals surface area contributed by atoms with Gasteiger partial charge in [-0.1, -0.05) is 0 Å². The van der Waals surface area contributed by atoms with E-state index in [9.17, 15) is 4.79 Å². The van der Waals surface area contributed by atoms with Crippen LogP contribution in [0.3, 0.4) is 0 Å². The highest BCUT2D eigenvalue weighted by Gasteiger charge is 2.21. The standard InChI is InChI=1S/C18H19N5O2/c1-10(18(19)24)22-12-7-13-15-14(8-12)25-6-5-21-17(15)16(23-13)11-3-2-4-20-9-11/h2-4,7-10,21-23H,5-6H2,1H3,(H2,19,24)/t10-/m0/s1. The Morgan fingerprint density at radius 1 is 1.44 bits per heavy atom. The van der Waals surface area contributed by atoms with Crippen molar-refractivity contribution in [2.24, 2.45) is 5.73 Å². The zero-order chi connectivity index (χ0) is 17.4. The predicted octanol–water partition coefficient (Wildman–Crippen LogP) is 2.32. The van der Waals surface area contributed by atoms with Crippen LogP contribution in [0.15, 0.2) is 36.7 Å². The molecule has 2 aromatic heterocycles. The number of carbonyl (C=O) groups is 1. The van der Waals surface area contributed by atoms with Crippen LogP contribution in [0.2, 0.25) is 0 Å². The topological polar surface area (TPSA) is 105 Å². The van der Waals surface area contributed by atoms with Gasteiger partial charge >= 0.3 is 0 Å². The number of benzene rings is 1. The highest BCUT2D eigenvalue weighted by molar-refractivity contribution is 6.06. The predicted molar refractivity (Wildman–Crippen MR) is 97.8 cm³/mol. The molecule has 0 saturated carbocycles. The first kappa shape index (κ1) is 15.3. The number of H-pyrrole nitrogens is 1. The van der Waals surface area contributed by atoms with Crippen LogP contribution in [0.25, 0.3) is 22.2 Å². The van der Waals surface area contributed by atoms with Crippen LogP contribution in [0.5, 0.6) is 5.75 Å². The fourth-order valence-electron chi connectivity index (χ4n) is 3.05. The number of hydrogen-bond donors (Lipinski definition) is 4. The Labute approximate surface area is 144 Å². The minimum atomic E-state index is -0.472. The maximum atomic E-state index is 11.3. The third-order valence-electron chi connectivity index (χ3n) is 4.28. The summed E-state index contributed by atoms with van der Waals surface area (Å²) in [6.07, 6.45) is 3.57. The summed E-state index contributed by atoms with van der Waals surface area (Å²) in [4.78, 5) is 19.0. The molecule has 0 bridgehead atoms. The van der Waals surface area contributed by atoms with E-state index in [4.69, 9.17) is 10.5 Å². The van der Waals surface area contributed by atoms with Crippen molar-refractivity contribution in [2.75, 3.05) is 23.8 Å². The van der Waals surface area contributed by atoms with E-state index in [1.54, 1.807) is 13.1 Å². The Hall–Kier alpha value is -3.22. The summed E-state index contributed by atoms with van der Waals surface area (Å²) in [6.45, 7) is 2.99. The Morgan fingerprint density at radius 3 is 3.08 bits per heavy atom. The van der Waals surface area contributed by atoms with Gasteiger partial charge in [0.2, 0.25) is 5.91 Å². The third-order valence-corrected chi connectivity index (χ3v) is 4.28. The SMILES string of the molecule is C[C@H](Nc1cc2c3c(c(-c4cccnc4)[nH]c3c1)NCCO2)C(N)=O. The number of ether oxygens (including phenoxy) is 1. The lowest BCUT2D eigenvalue weighted by Gasteiger charge is -2.13. The lowest BCUT2D eigenvalue weighted by Crippen LogP contribution is -2.32. The molecule has 128 valence electrons. The summed E-state index contributed by atoms with van der Waals surface area (Å²) in [5.74, 6) is 0.361. The number of primary amides is 1. The fraction of sp³-hybridized carbons (Fsp3) is 0.222. The van der Waals surface area contributed by atoms with Gasteiger partial charge in [-0.2, -0.15) is 0 Å². The molecule has 7 heteroatoms. The molecule has 0 unspecified atom stereocenters. The first-order chi connectivity index (χ1) is 12.1. The molecule has 1 aliphatic rings. The number of amides is 1. The van der Waals surface area contributed by atoms with Crippen molar-refractivity contribution in [2.45, 2.75) is 13.0 Å². The number of hydrogen-bond acceptors (Lipinski definition) is 5. The molecular weight excluding hydrogens is 318 g/mol. The van der Waals surface area contributed by atoms with E-state index in [0.29, 0.717) is 13.2 Å². The maximum Gasteiger partial charge on any atom is 0.239 e. The molecule has 0 aliphatic carbocycles. The van der Waals surface area contributed by atoms with E-state index in [1.165, 1.54) is 0 Å². The van der Waals surface area contributed by atoms with E-state index in [0.717, 1.165) is 39.3 Å². The molecule has 3 heterocycles. The first-order valence-corrected chi connectivity index (χ1v) is 8.16. The van der Waals surface area contributed by atoms with Crippen molar-refractivity contribution in [1.82, 2.24) is 9.97 Å². The maximum absolute atomic E-state index is 11.3. The van der Waals surface area contributed by atoms with E-state index in [-0.39, 0.29) is 0 Å². The average molecular weight is 337 g/mol. The quantitative estimate of drug-likeness (QED) is 0.585. The van der Waals surface area contributed by atoms with Gasteiger partial charge in [0.15, 0.2) is 0 Å². The van der Waals surface area contributed by atoms with E-state index < -0.39 is 11.9 Å². The molecule has 0 radical (unpaired) electrons. The van der Waals surface area contributed by atoms with Crippen LogP contribution in [-0.2, 0) is 4.79 Å². The number of nitrogens with zero attached hydrogens (tertiary/aromatic N) is 1. The van der Waals surface area contributed by atoms with E-state index >= 15 is 0 Å². The molecule has 1 amide bonds. The van der Waals surface area contributed by atoms with E-state index in [2.05, 4.69) is 20.6 Å². The van der Waals surface area contributed by atoms with Crippen LogP contribution in [0, 0.1) is 0 Å². The number of anilines is 2. The normalized spacial score (nSPS) is 14.3. The van der Waals surface area contributed by atoms with Crippen LogP contribution in [0.4, 0.5) is 11.4 Å². The minimum absolute atomic E-state index is 0.406. The van der Waals surface area contributed by atoms with Gasteiger partial charge in [-0.15, -0.1) is 0 Å². The van der Waals surface area contributed by atoms with Gasteiger partial charge in [0, 0.05) is 36.3 Å². The van der Waals surface area contributed by atoms with Gasteiger partial charge < -0.3 is 26.1 Å². The Balaban J connectivity index is 1.87. The van der Waals surface area contributed by atoms with Gasteiger partial charge in [0.25, 0.3) is 0 Å². The summed E-state index contributed by atoms with van der Waals surface area (Å²) < 4.78 is 5.90. The molecule has 1 atom stereocenters. The van der Waals surface area contributed by atoms with Gasteiger partial charge in [0.1, 0.15) is 18.4 Å². The van der Waals surface area contributed by atoms with Gasteiger partial charge in [-0.3, -0.25) is 9.78 Å². The monoisotopic (exact) mass is 337 g/mol. The molecule has 7 nitrogen and oxygen atoms in total. The molecule has 0 fully saturated rings. The third kappa shape index (κ3) is 2.73. The second-order valence-corrected chi connectivity index (χ2v) is 6.06. The number of aromatic nitrogens is 2. The van der Waals surface area contributed by atoms with Crippen LogP contribution in [0.1, 0.15) is 6.92 Å². The lowest BCUT2D eigenvalue weighted by atomic mass is 10.1. The van der Waals surface area contributed by atoms with Crippen LogP contribution in [-0.4, -0.2) is 35.1 Å². The zero-order valence-electron chi connectivity index (χ0n) is 13.8. The van der Waals surface area contributed by atoms with Crippen molar-refractivity contribution in [1.29, 1.82) is 0 Å². The van der Waals surface area contributed by atoms with Crippen molar-refractivity contribution in [3.8, 4) is 17.0 Å². The van der Waals surface area contributed by atoms with E-state index in [1.807, 2.05) is 30.5 Å². The highest BCUT2D eigenvalue weighted by Crippen LogP contribution is 2.42. The van der Waals surface area contributed by atoms with Crippen LogP contribution >= 0.6 is 0 Å². The highest BCUT2D eigenvalue weighted by atomic mass is 16.5. The van der Waals surface area contributed by atoms with Crippen molar-refractivity contribution in [3.05, 3.63) is 36.7 Å². The summed E-state index contributed by atoms with van der Waals surface area (Å²) in [7, 11) is 0. The Morgan fingerprint density at radius 2 is 2.32 bits per heavy atom. The molecule has 3 aromatic rings. The molecule has 0 spiro atoms. The molecule has 1 aliphatic heterocycles. The van der Waals surface area contributed by atoms with Crippen LogP contribution < -0.4 is 21.1 Å². The zero-order valence-corrected chi connectivity index (χ0v) is 13.8. The smallest absolute Gasteiger partial charge is 0.239 e. The molecule has 25 heavy (non-hydrogen) atoms. The average Bonchev–Trinajstić information content (AvgIpc) is 2.83. The molecule has 1 aromatic carbocycles. The summed E-state index contributed by atoms with van der Waals surface area (Å²) in [6, 6.07) is 7.30. The van der Waals surface area contributed by atoms with Crippen molar-refractivity contribution in [3.63, 3.8) is 0 Å². The van der Waals surface area contributed by atoms with Crippen molar-refractivity contribution < 1.29 is 9.53 Å². The number of nitrogens with one attached hydrogen (secondary N) is 3. The number of nitrogens with two attached hydrogens (primary N) is 1. The van der Waals surface area contributed by atoms with Gasteiger partial charge in [-0.05, 0) is 25.1 Å². The number of pyridine rings is 1. The summed E-state index contributed by atoms with van der Waals surface area (Å²) in [5, 5.41) is 7.54. The van der Waals surface area contributed by atoms with Gasteiger partial charge in [-0.25, -0.2) is 0 Å². The molecular formula is C18H19N5O2. The lowest BCUT2D eigenvalue weighted by molar-refractivity contribution is -0.118. The number of rotatable bonds is 4. The molecule has 4 rings (SSSR count). The Bertz CT molecular complexity index is 936. The number of carbonyl (C=O) groups excluding carboxylic acids is 1. The summed E-state index contributed by atoms with van der Waals surface area (Å²) in [5.41, 5.74) is 10.0. The van der Waals surface area contributed by atoms with Crippen molar-refractivity contribution >= 4 is 28.2 Å². The minimum Gasteiger partial charge on any atom is -0.491 e. The van der Waals surface area contributed by atoms with Gasteiger partial charge in [0.05, 0.1) is 22.3 Å². The second kappa shape index (κ2) is 6.01. The largest absolute Gasteiger partial charge is 0.491 e.